The number of sulfonamides is 1. The molecule has 17 heteroatoms. The smallest absolute Gasteiger partial charge is 0.335 e. The number of rotatable bonds is 21. The van der Waals surface area contributed by atoms with Gasteiger partial charge in [-0.15, -0.1) is 0 Å². The van der Waals surface area contributed by atoms with Gasteiger partial charge >= 0.3 is 5.97 Å². The van der Waals surface area contributed by atoms with Gasteiger partial charge in [0, 0.05) is 50.1 Å². The monoisotopic (exact) mass is 874 g/mol. The molecular weight excluding hydrogens is 825 g/mol. The van der Waals surface area contributed by atoms with Crippen molar-refractivity contribution < 1.29 is 37.5 Å². The third-order valence-electron chi connectivity index (χ3n) is 9.73. The maximum Gasteiger partial charge on any atom is 0.335 e. The summed E-state index contributed by atoms with van der Waals surface area (Å²) in [6.45, 7) is 2.09. The van der Waals surface area contributed by atoms with Gasteiger partial charge in [0.1, 0.15) is 11.9 Å². The molecule has 0 unspecified atom stereocenters. The Kier molecular flexibility index (Phi) is 16.8. The summed E-state index contributed by atoms with van der Waals surface area (Å²) in [5, 5.41) is 20.3. The van der Waals surface area contributed by atoms with Crippen LogP contribution in [-0.2, 0) is 73.9 Å². The second-order valence-electron chi connectivity index (χ2n) is 14.8. The lowest BCUT2D eigenvalue weighted by atomic mass is 10.0. The van der Waals surface area contributed by atoms with E-state index in [2.05, 4.69) is 36.0 Å². The number of carbonyl (C=O) groups excluding carboxylic acids is 4. The molecule has 8 N–H and O–H groups in total. The number of aryl methyl sites for hydroxylation is 1. The first kappa shape index (κ1) is 46.8. The molecule has 0 saturated heterocycles. The van der Waals surface area contributed by atoms with E-state index in [1.54, 1.807) is 73.8 Å². The average molecular weight is 875 g/mol. The van der Waals surface area contributed by atoms with Crippen LogP contribution in [0.3, 0.4) is 0 Å². The molecule has 328 valence electrons. The molecule has 0 aliphatic rings. The van der Waals surface area contributed by atoms with E-state index >= 15 is 0 Å². The summed E-state index contributed by atoms with van der Waals surface area (Å²) in [6, 6.07) is 31.5. The number of nitrogens with zero attached hydrogens (tertiary/aromatic N) is 2. The van der Waals surface area contributed by atoms with Gasteiger partial charge in [-0.3, -0.25) is 29.2 Å². The standard InChI is InChI=1S/C46H50N8O8S/c1-30-6-8-32(9-7-30)25-49-41(55)23-38-4-3-5-39(53-38)24-42(56)50-26-33-12-10-31(11-13-33)22-40(45(58)51-27-34-14-18-36(19-15-34)44(47)48-2)54-43(57)28-52-63(61,62)29-35-16-20-37(21-17-35)46(59)60/h3-21,40,52H,22-29H2,1-2H3,(H2,47,48)(H,49,55)(H,50,56)(H,51,58)(H,54,57)(H,59,60)/t40-/m0/s1. The normalized spacial score (nSPS) is 11.9. The van der Waals surface area contributed by atoms with Crippen molar-refractivity contribution in [3.05, 3.63) is 171 Å². The van der Waals surface area contributed by atoms with Gasteiger partial charge in [0.05, 0.1) is 30.7 Å². The molecule has 1 atom stereocenters. The van der Waals surface area contributed by atoms with Gasteiger partial charge in [0.25, 0.3) is 0 Å². The SMILES string of the molecule is CN=C(N)c1ccc(CNC(=O)[C@H](Cc2ccc(CNC(=O)Cc3cccc(CC(=O)NCc4ccc(C)cc4)n3)cc2)NC(=O)CNS(=O)(=O)Cc2ccc(C(=O)O)cc2)cc1. The second kappa shape index (κ2) is 22.6. The van der Waals surface area contributed by atoms with Crippen LogP contribution in [0.25, 0.3) is 0 Å². The van der Waals surface area contributed by atoms with E-state index in [-0.39, 0.29) is 49.7 Å². The molecule has 4 amide bonds. The van der Waals surface area contributed by atoms with Crippen molar-refractivity contribution in [2.24, 2.45) is 10.7 Å². The summed E-state index contributed by atoms with van der Waals surface area (Å²) < 4.78 is 27.8. The van der Waals surface area contributed by atoms with Crippen molar-refractivity contribution in [1.82, 2.24) is 31.0 Å². The number of carbonyl (C=O) groups is 5. The number of hydrogen-bond acceptors (Lipinski definition) is 9. The molecule has 5 aromatic rings. The largest absolute Gasteiger partial charge is 0.478 e. The van der Waals surface area contributed by atoms with Crippen LogP contribution in [0.5, 0.6) is 0 Å². The molecule has 5 rings (SSSR count). The quantitative estimate of drug-likeness (QED) is 0.0419. The summed E-state index contributed by atoms with van der Waals surface area (Å²) in [5.74, 6) is -2.99. The van der Waals surface area contributed by atoms with E-state index in [1.807, 2.05) is 31.2 Å². The average Bonchev–Trinajstić information content (AvgIpc) is 3.27. The van der Waals surface area contributed by atoms with Crippen molar-refractivity contribution in [2.45, 2.75) is 57.6 Å². The number of nitrogens with two attached hydrogens (primary N) is 1. The minimum atomic E-state index is -4.01. The Hall–Kier alpha value is -7.24. The topological polar surface area (TPSA) is 251 Å². The Bertz CT molecular complexity index is 2530. The first-order valence-electron chi connectivity index (χ1n) is 19.9. The van der Waals surface area contributed by atoms with Crippen LogP contribution < -0.4 is 31.7 Å². The molecule has 16 nitrogen and oxygen atoms in total. The number of benzene rings is 4. The molecule has 0 saturated carbocycles. The van der Waals surface area contributed by atoms with Gasteiger partial charge in [0.2, 0.25) is 33.7 Å². The number of nitrogens with one attached hydrogen (secondary N) is 5. The number of carboxylic acid groups (broad SMARTS) is 1. The molecule has 1 heterocycles. The summed E-state index contributed by atoms with van der Waals surface area (Å²) >= 11 is 0. The molecular formula is C46H50N8O8S. The lowest BCUT2D eigenvalue weighted by Crippen LogP contribution is -2.50. The lowest BCUT2D eigenvalue weighted by molar-refractivity contribution is -0.128. The predicted octanol–water partition coefficient (Wildman–Crippen LogP) is 2.60. The van der Waals surface area contributed by atoms with Crippen LogP contribution in [0.4, 0.5) is 0 Å². The van der Waals surface area contributed by atoms with Gasteiger partial charge in [0.15, 0.2) is 0 Å². The number of amides is 4. The van der Waals surface area contributed by atoms with Crippen LogP contribution in [0.2, 0.25) is 0 Å². The Morgan fingerprint density at radius 3 is 1.67 bits per heavy atom. The highest BCUT2D eigenvalue weighted by Crippen LogP contribution is 2.11. The zero-order valence-electron chi connectivity index (χ0n) is 34.9. The fraction of sp³-hybridized carbons (Fsp3) is 0.239. The molecule has 4 aromatic carbocycles. The van der Waals surface area contributed by atoms with Crippen LogP contribution in [0.1, 0.15) is 60.7 Å². The molecule has 0 radical (unpaired) electrons. The maximum absolute atomic E-state index is 13.5. The van der Waals surface area contributed by atoms with E-state index in [0.717, 1.165) is 27.8 Å². The van der Waals surface area contributed by atoms with Crippen molar-refractivity contribution in [3.63, 3.8) is 0 Å². The Morgan fingerprint density at radius 1 is 0.651 bits per heavy atom. The zero-order chi connectivity index (χ0) is 45.4. The van der Waals surface area contributed by atoms with E-state index < -0.39 is 46.1 Å². The van der Waals surface area contributed by atoms with Gasteiger partial charge in [-0.1, -0.05) is 96.6 Å². The molecule has 0 fully saturated rings. The number of aliphatic imine (C=N–C) groups is 1. The van der Waals surface area contributed by atoms with E-state index in [9.17, 15) is 32.4 Å². The van der Waals surface area contributed by atoms with Crippen LogP contribution in [-0.4, -0.2) is 73.6 Å². The van der Waals surface area contributed by atoms with Crippen LogP contribution in [0, 0.1) is 6.92 Å². The summed E-state index contributed by atoms with van der Waals surface area (Å²) in [4.78, 5) is 71.6. The molecule has 0 aliphatic heterocycles. The lowest BCUT2D eigenvalue weighted by Gasteiger charge is -2.19. The number of pyridine rings is 1. The first-order chi connectivity index (χ1) is 30.1. The fourth-order valence-corrected chi connectivity index (χ4v) is 7.28. The Labute approximate surface area is 365 Å². The fourth-order valence-electron chi connectivity index (χ4n) is 6.20. The number of aromatic nitrogens is 1. The number of hydrogen-bond donors (Lipinski definition) is 7. The second-order valence-corrected chi connectivity index (χ2v) is 16.6. The highest BCUT2D eigenvalue weighted by Gasteiger charge is 2.23. The van der Waals surface area contributed by atoms with E-state index in [4.69, 9.17) is 10.8 Å². The maximum atomic E-state index is 13.5. The highest BCUT2D eigenvalue weighted by molar-refractivity contribution is 7.88. The number of carboxylic acids is 1. The minimum absolute atomic E-state index is 0.00264. The van der Waals surface area contributed by atoms with Gasteiger partial charge < -0.3 is 32.1 Å². The van der Waals surface area contributed by atoms with Crippen molar-refractivity contribution in [1.29, 1.82) is 0 Å². The van der Waals surface area contributed by atoms with Gasteiger partial charge in [-0.05, 0) is 59.0 Å². The molecule has 63 heavy (non-hydrogen) atoms. The molecule has 0 spiro atoms. The molecule has 1 aromatic heterocycles. The van der Waals surface area contributed by atoms with Crippen molar-refractivity contribution in [3.8, 4) is 0 Å². The summed E-state index contributed by atoms with van der Waals surface area (Å²) in [6.07, 6.45) is 0.141. The van der Waals surface area contributed by atoms with Crippen LogP contribution >= 0.6 is 0 Å². The molecule has 0 aliphatic carbocycles. The van der Waals surface area contributed by atoms with Crippen molar-refractivity contribution >= 4 is 45.5 Å². The third-order valence-corrected chi connectivity index (χ3v) is 11.0. The minimum Gasteiger partial charge on any atom is -0.478 e. The molecule has 0 bridgehead atoms. The highest BCUT2D eigenvalue weighted by atomic mass is 32.2. The van der Waals surface area contributed by atoms with E-state index in [0.29, 0.717) is 34.9 Å². The Balaban J connectivity index is 1.15. The van der Waals surface area contributed by atoms with Gasteiger partial charge in [-0.2, -0.15) is 0 Å². The summed E-state index contributed by atoms with van der Waals surface area (Å²) in [7, 11) is -2.43. The van der Waals surface area contributed by atoms with E-state index in [1.165, 1.54) is 24.3 Å². The first-order valence-corrected chi connectivity index (χ1v) is 21.6. The van der Waals surface area contributed by atoms with Crippen molar-refractivity contribution in [2.75, 3.05) is 13.6 Å². The van der Waals surface area contributed by atoms with Crippen LogP contribution in [0.15, 0.2) is 120 Å². The summed E-state index contributed by atoms with van der Waals surface area (Å²) in [5.41, 5.74) is 12.3. The predicted molar refractivity (Wildman–Crippen MR) is 238 cm³/mol. The number of amidine groups is 1. The Morgan fingerprint density at radius 2 is 1.13 bits per heavy atom. The zero-order valence-corrected chi connectivity index (χ0v) is 35.7. The van der Waals surface area contributed by atoms with Gasteiger partial charge in [-0.25, -0.2) is 17.9 Å². The third kappa shape index (κ3) is 15.6. The number of aromatic carboxylic acids is 1.